The van der Waals surface area contributed by atoms with Crippen LogP contribution >= 0.6 is 23.2 Å². The van der Waals surface area contributed by atoms with Crippen LogP contribution in [0, 0.1) is 5.92 Å². The molecule has 4 aromatic rings. The molecule has 238 valence electrons. The summed E-state index contributed by atoms with van der Waals surface area (Å²) in [6.07, 6.45) is 8.08. The van der Waals surface area contributed by atoms with Crippen LogP contribution in [0.15, 0.2) is 83.8 Å². The molecule has 0 bridgehead atoms. The van der Waals surface area contributed by atoms with E-state index in [1.165, 1.54) is 51.0 Å². The molecule has 1 N–H and O–H groups in total. The molecule has 2 atom stereocenters. The number of carbonyl (C=O) groups is 1. The van der Waals surface area contributed by atoms with Crippen LogP contribution in [0.3, 0.4) is 0 Å². The van der Waals surface area contributed by atoms with Gasteiger partial charge in [-0.2, -0.15) is 9.40 Å². The van der Waals surface area contributed by atoms with Crippen molar-refractivity contribution in [3.63, 3.8) is 0 Å². The van der Waals surface area contributed by atoms with Gasteiger partial charge in [0, 0.05) is 46.2 Å². The highest BCUT2D eigenvalue weighted by Gasteiger charge is 2.41. The number of benzene rings is 3. The highest BCUT2D eigenvalue weighted by Crippen LogP contribution is 2.50. The normalized spacial score (nSPS) is 20.6. The van der Waals surface area contributed by atoms with Crippen molar-refractivity contribution in [2.45, 2.75) is 61.3 Å². The smallest absolute Gasteiger partial charge is 0.335 e. The summed E-state index contributed by atoms with van der Waals surface area (Å²) in [6, 6.07) is 22.1. The van der Waals surface area contributed by atoms with E-state index in [1.807, 2.05) is 24.3 Å². The van der Waals surface area contributed by atoms with Gasteiger partial charge in [-0.3, -0.25) is 4.68 Å². The summed E-state index contributed by atoms with van der Waals surface area (Å²) < 4.78 is 30.8. The Bertz CT molecular complexity index is 1850. The molecule has 2 heterocycles. The second kappa shape index (κ2) is 12.3. The predicted molar refractivity (Wildman–Crippen MR) is 180 cm³/mol. The van der Waals surface area contributed by atoms with Crippen molar-refractivity contribution in [3.05, 3.63) is 123 Å². The lowest BCUT2D eigenvalue weighted by atomic mass is 9.69. The Hall–Kier alpha value is -3.43. The largest absolute Gasteiger partial charge is 0.478 e. The lowest BCUT2D eigenvalue weighted by Gasteiger charge is -2.36. The monoisotopic (exact) mass is 675 g/mol. The van der Waals surface area contributed by atoms with Crippen molar-refractivity contribution in [2.24, 2.45) is 5.92 Å². The second-order valence-electron chi connectivity index (χ2n) is 12.7. The van der Waals surface area contributed by atoms with Gasteiger partial charge in [-0.05, 0) is 103 Å². The fourth-order valence-corrected chi connectivity index (χ4v) is 9.02. The molecular weight excluding hydrogens is 641 g/mol. The summed E-state index contributed by atoms with van der Waals surface area (Å²) in [4.78, 5) is 11.4. The molecule has 2 aliphatic carbocycles. The van der Waals surface area contributed by atoms with Gasteiger partial charge in [-0.25, -0.2) is 13.2 Å². The highest BCUT2D eigenvalue weighted by atomic mass is 35.5. The van der Waals surface area contributed by atoms with E-state index in [2.05, 4.69) is 48.0 Å². The van der Waals surface area contributed by atoms with E-state index in [0.29, 0.717) is 42.0 Å². The molecule has 2 fully saturated rings. The van der Waals surface area contributed by atoms with Gasteiger partial charge in [0.25, 0.3) is 0 Å². The first kappa shape index (κ1) is 31.2. The topological polar surface area (TPSA) is 92.5 Å². The van der Waals surface area contributed by atoms with Crippen molar-refractivity contribution >= 4 is 45.3 Å². The van der Waals surface area contributed by atoms with Crippen molar-refractivity contribution in [3.8, 4) is 0 Å². The van der Waals surface area contributed by atoms with E-state index < -0.39 is 16.0 Å². The zero-order chi connectivity index (χ0) is 32.2. The molecule has 3 aromatic carbocycles. The van der Waals surface area contributed by atoms with Crippen molar-refractivity contribution in [2.75, 3.05) is 13.1 Å². The first-order valence-corrected chi connectivity index (χ1v) is 18.0. The summed E-state index contributed by atoms with van der Waals surface area (Å²) in [5, 5.41) is 15.8. The zero-order valence-electron chi connectivity index (χ0n) is 25.4. The van der Waals surface area contributed by atoms with Crippen LogP contribution < -0.4 is 0 Å². The van der Waals surface area contributed by atoms with Gasteiger partial charge < -0.3 is 5.11 Å². The number of halogens is 2. The number of carboxylic acid groups (broad SMARTS) is 1. The Morgan fingerprint density at radius 3 is 1.96 bits per heavy atom. The van der Waals surface area contributed by atoms with Crippen LogP contribution in [-0.4, -0.2) is 46.7 Å². The average Bonchev–Trinajstić information content (AvgIpc) is 3.83. The molecule has 0 radical (unpaired) electrons. The Kier molecular flexibility index (Phi) is 8.34. The summed E-state index contributed by atoms with van der Waals surface area (Å²) in [7, 11) is -3.74. The number of rotatable bonds is 8. The lowest BCUT2D eigenvalue weighted by molar-refractivity contribution is 0.0696. The lowest BCUT2D eigenvalue weighted by Crippen LogP contribution is -2.38. The van der Waals surface area contributed by atoms with E-state index in [0.717, 1.165) is 18.5 Å². The maximum absolute atomic E-state index is 13.5. The van der Waals surface area contributed by atoms with E-state index in [9.17, 15) is 18.3 Å². The molecule has 10 heteroatoms. The first-order valence-electron chi connectivity index (χ1n) is 15.8. The molecule has 1 saturated carbocycles. The van der Waals surface area contributed by atoms with Crippen molar-refractivity contribution < 1.29 is 18.3 Å². The van der Waals surface area contributed by atoms with Gasteiger partial charge in [0.2, 0.25) is 10.0 Å². The highest BCUT2D eigenvalue weighted by molar-refractivity contribution is 7.89. The minimum Gasteiger partial charge on any atom is -0.478 e. The number of aromatic nitrogens is 2. The molecule has 3 aliphatic rings. The molecule has 7 rings (SSSR count). The maximum Gasteiger partial charge on any atom is 0.335 e. The standard InChI is InChI=1S/C36H35Cl2N3O4S/c1-22-31(34(23-2-8-27(37)9-3-23)24-4-10-28(38)11-5-24)16-17-32-33(22)35(41(39-32)29-12-13-29)25-18-20-40(21-19-25)46(44,45)30-14-6-26(7-15-30)36(42)43/h2-11,14-17,22,25,29,31,34H,12-13,18-21H2,1H3,(H,42,43). The minimum atomic E-state index is -3.74. The quantitative estimate of drug-likeness (QED) is 0.203. The van der Waals surface area contributed by atoms with Gasteiger partial charge in [0.15, 0.2) is 0 Å². The molecule has 7 nitrogen and oxygen atoms in total. The average molecular weight is 677 g/mol. The Morgan fingerprint density at radius 1 is 0.870 bits per heavy atom. The number of allylic oxidation sites excluding steroid dienone is 1. The third-order valence-corrected chi connectivity index (χ3v) is 12.3. The molecule has 1 aliphatic heterocycles. The fourth-order valence-electron chi connectivity index (χ4n) is 7.30. The number of hydrogen-bond donors (Lipinski definition) is 1. The zero-order valence-corrected chi connectivity index (χ0v) is 27.7. The van der Waals surface area contributed by atoms with E-state index in [4.69, 9.17) is 28.3 Å². The minimum absolute atomic E-state index is 0.0617. The van der Waals surface area contributed by atoms with Gasteiger partial charge in [-0.15, -0.1) is 0 Å². The molecule has 1 aromatic heterocycles. The van der Waals surface area contributed by atoms with Crippen LogP contribution in [0.5, 0.6) is 0 Å². The molecule has 0 spiro atoms. The molecule has 46 heavy (non-hydrogen) atoms. The number of piperidine rings is 1. The van der Waals surface area contributed by atoms with Gasteiger partial charge >= 0.3 is 5.97 Å². The Morgan fingerprint density at radius 2 is 1.43 bits per heavy atom. The van der Waals surface area contributed by atoms with Crippen molar-refractivity contribution in [1.29, 1.82) is 0 Å². The van der Waals surface area contributed by atoms with Gasteiger partial charge in [0.1, 0.15) is 0 Å². The van der Waals surface area contributed by atoms with Gasteiger partial charge in [-0.1, -0.05) is 60.5 Å². The SMILES string of the molecule is CC1c2c(nn(C3CC3)c2C2CCN(S(=O)(=O)c3ccc(C(=O)O)cc3)CC2)C=CC1C(c1ccc(Cl)cc1)c1ccc(Cl)cc1. The number of aromatic carboxylic acids is 1. The van der Waals surface area contributed by atoms with Crippen LogP contribution in [0.4, 0.5) is 0 Å². The molecule has 0 amide bonds. The van der Waals surface area contributed by atoms with E-state index in [-0.39, 0.29) is 34.1 Å². The number of carboxylic acids is 1. The summed E-state index contributed by atoms with van der Waals surface area (Å²) in [5.74, 6) is -0.519. The summed E-state index contributed by atoms with van der Waals surface area (Å²) in [5.41, 5.74) is 5.98. The number of hydrogen-bond acceptors (Lipinski definition) is 4. The van der Waals surface area contributed by atoms with Crippen LogP contribution in [-0.2, 0) is 10.0 Å². The van der Waals surface area contributed by atoms with E-state index >= 15 is 0 Å². The Balaban J connectivity index is 1.19. The van der Waals surface area contributed by atoms with Crippen LogP contribution in [0.1, 0.15) is 94.8 Å². The number of sulfonamides is 1. The fraction of sp³-hybridized carbons (Fsp3) is 0.333. The second-order valence-corrected chi connectivity index (χ2v) is 15.5. The Labute approximate surface area is 279 Å². The van der Waals surface area contributed by atoms with Gasteiger partial charge in [0.05, 0.1) is 22.2 Å². The van der Waals surface area contributed by atoms with Crippen molar-refractivity contribution in [1.82, 2.24) is 14.1 Å². The first-order chi connectivity index (χ1) is 22.1. The molecule has 1 saturated heterocycles. The van der Waals surface area contributed by atoms with Crippen LogP contribution in [0.25, 0.3) is 6.08 Å². The third kappa shape index (κ3) is 5.81. The third-order valence-electron chi connectivity index (χ3n) is 9.84. The summed E-state index contributed by atoms with van der Waals surface area (Å²) >= 11 is 12.6. The van der Waals surface area contributed by atoms with E-state index in [1.54, 1.807) is 0 Å². The number of nitrogens with zero attached hydrogens (tertiary/aromatic N) is 3. The predicted octanol–water partition coefficient (Wildman–Crippen LogP) is 8.37. The number of fused-ring (bicyclic) bond motifs is 1. The van der Waals surface area contributed by atoms with Crippen LogP contribution in [0.2, 0.25) is 10.0 Å². The molecule has 2 unspecified atom stereocenters. The molecular formula is C36H35Cl2N3O4S. The maximum atomic E-state index is 13.5. The summed E-state index contributed by atoms with van der Waals surface area (Å²) in [6.45, 7) is 3.09.